The second kappa shape index (κ2) is 4.93. The van der Waals surface area contributed by atoms with Crippen molar-refractivity contribution in [2.24, 2.45) is 5.73 Å². The standard InChI is InChI=1S/C11H14BrFN2O/c1-11(2,6-14)15-10(16)7-4-3-5-8(13)9(7)12/h3-5H,6,14H2,1-2H3,(H,15,16). The Morgan fingerprint density at radius 1 is 1.56 bits per heavy atom. The molecule has 0 saturated carbocycles. The number of hydrogen-bond acceptors (Lipinski definition) is 2. The quantitative estimate of drug-likeness (QED) is 0.895. The third-order valence-corrected chi connectivity index (χ3v) is 2.96. The molecule has 0 fully saturated rings. The number of rotatable bonds is 3. The van der Waals surface area contributed by atoms with E-state index in [0.29, 0.717) is 6.54 Å². The minimum absolute atomic E-state index is 0.167. The summed E-state index contributed by atoms with van der Waals surface area (Å²) in [4.78, 5) is 11.8. The summed E-state index contributed by atoms with van der Waals surface area (Å²) >= 11 is 3.04. The minimum Gasteiger partial charge on any atom is -0.346 e. The molecular weight excluding hydrogens is 275 g/mol. The third kappa shape index (κ3) is 3.02. The van der Waals surface area contributed by atoms with Crippen LogP contribution in [0, 0.1) is 5.82 Å². The molecule has 1 aromatic rings. The predicted octanol–water partition coefficient (Wildman–Crippen LogP) is 2.06. The predicted molar refractivity (Wildman–Crippen MR) is 64.7 cm³/mol. The summed E-state index contributed by atoms with van der Waals surface area (Å²) in [6.45, 7) is 3.92. The second-order valence-corrected chi connectivity index (χ2v) is 4.94. The van der Waals surface area contributed by atoms with Crippen LogP contribution in [0.1, 0.15) is 24.2 Å². The maximum atomic E-state index is 13.2. The zero-order chi connectivity index (χ0) is 12.3. The van der Waals surface area contributed by atoms with E-state index in [2.05, 4.69) is 21.2 Å². The molecule has 3 N–H and O–H groups in total. The number of nitrogens with one attached hydrogen (secondary N) is 1. The molecule has 0 atom stereocenters. The fourth-order valence-electron chi connectivity index (χ4n) is 1.10. The van der Waals surface area contributed by atoms with Crippen LogP contribution >= 0.6 is 15.9 Å². The van der Waals surface area contributed by atoms with Crippen molar-refractivity contribution in [3.63, 3.8) is 0 Å². The minimum atomic E-state index is -0.511. The number of hydrogen-bond donors (Lipinski definition) is 2. The molecule has 0 aliphatic carbocycles. The molecule has 0 bridgehead atoms. The van der Waals surface area contributed by atoms with Crippen molar-refractivity contribution in [3.8, 4) is 0 Å². The molecule has 3 nitrogen and oxygen atoms in total. The van der Waals surface area contributed by atoms with Gasteiger partial charge in [0.25, 0.3) is 5.91 Å². The number of benzene rings is 1. The lowest BCUT2D eigenvalue weighted by Crippen LogP contribution is -2.48. The van der Waals surface area contributed by atoms with E-state index in [0.717, 1.165) is 0 Å². The number of amides is 1. The summed E-state index contributed by atoms with van der Waals surface area (Å²) in [7, 11) is 0. The fraction of sp³-hybridized carbons (Fsp3) is 0.364. The Balaban J connectivity index is 2.94. The van der Waals surface area contributed by atoms with Crippen LogP contribution in [0.4, 0.5) is 4.39 Å². The van der Waals surface area contributed by atoms with Gasteiger partial charge < -0.3 is 11.1 Å². The van der Waals surface area contributed by atoms with E-state index in [1.165, 1.54) is 12.1 Å². The Morgan fingerprint density at radius 2 is 2.19 bits per heavy atom. The Bertz CT molecular complexity index is 407. The maximum Gasteiger partial charge on any atom is 0.252 e. The van der Waals surface area contributed by atoms with Gasteiger partial charge >= 0.3 is 0 Å². The van der Waals surface area contributed by atoms with Crippen molar-refractivity contribution in [1.29, 1.82) is 0 Å². The van der Waals surface area contributed by atoms with Gasteiger partial charge in [-0.3, -0.25) is 4.79 Å². The summed E-state index contributed by atoms with van der Waals surface area (Å²) in [6.07, 6.45) is 0. The van der Waals surface area contributed by atoms with Crippen LogP contribution in [0.2, 0.25) is 0 Å². The summed E-state index contributed by atoms with van der Waals surface area (Å²) in [5.74, 6) is -0.806. The SMILES string of the molecule is CC(C)(CN)NC(=O)c1cccc(F)c1Br. The molecule has 0 unspecified atom stereocenters. The van der Waals surface area contributed by atoms with E-state index < -0.39 is 11.4 Å². The Hall–Kier alpha value is -0.940. The van der Waals surface area contributed by atoms with Crippen molar-refractivity contribution in [3.05, 3.63) is 34.1 Å². The van der Waals surface area contributed by atoms with Gasteiger partial charge in [-0.2, -0.15) is 0 Å². The van der Waals surface area contributed by atoms with Crippen molar-refractivity contribution >= 4 is 21.8 Å². The molecule has 0 radical (unpaired) electrons. The van der Waals surface area contributed by atoms with Crippen LogP contribution in [0.3, 0.4) is 0 Å². The number of carbonyl (C=O) groups is 1. The van der Waals surface area contributed by atoms with Gasteiger partial charge in [0.1, 0.15) is 5.82 Å². The zero-order valence-electron chi connectivity index (χ0n) is 9.18. The van der Waals surface area contributed by atoms with Crippen molar-refractivity contribution < 1.29 is 9.18 Å². The monoisotopic (exact) mass is 288 g/mol. The van der Waals surface area contributed by atoms with Crippen LogP contribution in [0.15, 0.2) is 22.7 Å². The molecule has 1 aromatic carbocycles. The molecule has 0 saturated heterocycles. The smallest absolute Gasteiger partial charge is 0.252 e. The van der Waals surface area contributed by atoms with Crippen molar-refractivity contribution in [2.45, 2.75) is 19.4 Å². The maximum absolute atomic E-state index is 13.2. The largest absolute Gasteiger partial charge is 0.346 e. The van der Waals surface area contributed by atoms with Gasteiger partial charge in [-0.25, -0.2) is 4.39 Å². The highest BCUT2D eigenvalue weighted by Gasteiger charge is 2.21. The zero-order valence-corrected chi connectivity index (χ0v) is 10.8. The van der Waals surface area contributed by atoms with Gasteiger partial charge in [0.15, 0.2) is 0 Å². The van der Waals surface area contributed by atoms with Crippen LogP contribution in [-0.4, -0.2) is 18.0 Å². The van der Waals surface area contributed by atoms with E-state index in [4.69, 9.17) is 5.73 Å². The average Bonchev–Trinajstić information content (AvgIpc) is 2.21. The summed E-state index contributed by atoms with van der Waals surface area (Å²) in [5, 5.41) is 2.73. The van der Waals surface area contributed by atoms with Crippen molar-refractivity contribution in [2.75, 3.05) is 6.54 Å². The molecule has 1 rings (SSSR count). The fourth-order valence-corrected chi connectivity index (χ4v) is 1.55. The van der Waals surface area contributed by atoms with Crippen LogP contribution in [0.25, 0.3) is 0 Å². The molecular formula is C11H14BrFN2O. The van der Waals surface area contributed by atoms with Gasteiger partial charge in [0, 0.05) is 12.1 Å². The first-order valence-corrected chi connectivity index (χ1v) is 5.63. The number of carbonyl (C=O) groups excluding carboxylic acids is 1. The topological polar surface area (TPSA) is 55.1 Å². The van der Waals surface area contributed by atoms with Gasteiger partial charge in [0.05, 0.1) is 10.0 Å². The molecule has 0 heterocycles. The Kier molecular flexibility index (Phi) is 4.04. The first-order valence-electron chi connectivity index (χ1n) is 4.84. The Morgan fingerprint density at radius 3 is 2.75 bits per heavy atom. The summed E-state index contributed by atoms with van der Waals surface area (Å²) < 4.78 is 13.4. The number of halogens is 2. The molecule has 88 valence electrons. The highest BCUT2D eigenvalue weighted by Crippen LogP contribution is 2.20. The normalized spacial score (nSPS) is 11.3. The second-order valence-electron chi connectivity index (χ2n) is 4.14. The van der Waals surface area contributed by atoms with E-state index in [1.54, 1.807) is 19.9 Å². The van der Waals surface area contributed by atoms with Gasteiger partial charge in [-0.05, 0) is 41.9 Å². The highest BCUT2D eigenvalue weighted by molar-refractivity contribution is 9.10. The van der Waals surface area contributed by atoms with E-state index in [-0.39, 0.29) is 15.9 Å². The molecule has 16 heavy (non-hydrogen) atoms. The average molecular weight is 289 g/mol. The molecule has 0 aliphatic heterocycles. The molecule has 0 spiro atoms. The molecule has 0 aliphatic rings. The third-order valence-electron chi connectivity index (χ3n) is 2.16. The van der Waals surface area contributed by atoms with Crippen LogP contribution in [-0.2, 0) is 0 Å². The van der Waals surface area contributed by atoms with Gasteiger partial charge in [-0.15, -0.1) is 0 Å². The number of nitrogens with two attached hydrogens (primary N) is 1. The lowest BCUT2D eigenvalue weighted by atomic mass is 10.1. The van der Waals surface area contributed by atoms with E-state index in [9.17, 15) is 9.18 Å². The lowest BCUT2D eigenvalue weighted by molar-refractivity contribution is 0.0914. The molecule has 0 aromatic heterocycles. The lowest BCUT2D eigenvalue weighted by Gasteiger charge is -2.24. The Labute approximate surface area is 102 Å². The van der Waals surface area contributed by atoms with Gasteiger partial charge in [0.2, 0.25) is 0 Å². The van der Waals surface area contributed by atoms with Crippen LogP contribution < -0.4 is 11.1 Å². The highest BCUT2D eigenvalue weighted by atomic mass is 79.9. The summed E-state index contributed by atoms with van der Waals surface area (Å²) in [6, 6.07) is 4.33. The van der Waals surface area contributed by atoms with E-state index in [1.807, 2.05) is 0 Å². The van der Waals surface area contributed by atoms with Crippen LogP contribution in [0.5, 0.6) is 0 Å². The van der Waals surface area contributed by atoms with Gasteiger partial charge in [-0.1, -0.05) is 6.07 Å². The first kappa shape index (κ1) is 13.1. The molecule has 5 heteroatoms. The summed E-state index contributed by atoms with van der Waals surface area (Å²) in [5.41, 5.74) is 5.25. The van der Waals surface area contributed by atoms with E-state index >= 15 is 0 Å². The molecule has 1 amide bonds. The van der Waals surface area contributed by atoms with Crippen molar-refractivity contribution in [1.82, 2.24) is 5.32 Å². The first-order chi connectivity index (χ1) is 7.37.